The van der Waals surface area contributed by atoms with E-state index in [-0.39, 0.29) is 23.6 Å². The van der Waals surface area contributed by atoms with Gasteiger partial charge < -0.3 is 9.84 Å². The summed E-state index contributed by atoms with van der Waals surface area (Å²) in [5.74, 6) is 0.272. The highest BCUT2D eigenvalue weighted by molar-refractivity contribution is 9.10. The summed E-state index contributed by atoms with van der Waals surface area (Å²) in [5, 5.41) is 14.6. The van der Waals surface area contributed by atoms with Gasteiger partial charge in [-0.1, -0.05) is 58.9 Å². The second-order valence-corrected chi connectivity index (χ2v) is 11.6. The smallest absolute Gasteiger partial charge is 0.335 e. The lowest BCUT2D eigenvalue weighted by atomic mass is 9.88. The minimum atomic E-state index is -1.00. The molecule has 1 fully saturated rings. The number of aromatic carboxylic acids is 1. The van der Waals surface area contributed by atoms with Crippen LogP contribution < -0.4 is 10.3 Å². The van der Waals surface area contributed by atoms with Gasteiger partial charge >= 0.3 is 5.97 Å². The molecule has 0 unspecified atom stereocenters. The number of fused-ring (bicyclic) bond motifs is 1. The van der Waals surface area contributed by atoms with Crippen molar-refractivity contribution >= 4 is 66.5 Å². The van der Waals surface area contributed by atoms with E-state index in [2.05, 4.69) is 37.0 Å². The standard InChI is InChI=1S/C29H24Br2ClN3O4/c30-21-9-10-25-22(14-21)28(36)35(27(34-25)19-6-2-1-3-7-19)33-15-18-12-23(31)26(24(32)13-18)39-16-17-5-4-8-20(11-17)29(37)38/h4-5,8-15,19H,1-3,6-7,16H2,(H,37,38). The van der Waals surface area contributed by atoms with Crippen molar-refractivity contribution in [3.63, 3.8) is 0 Å². The molecule has 0 amide bonds. The van der Waals surface area contributed by atoms with Gasteiger partial charge in [-0.3, -0.25) is 4.79 Å². The van der Waals surface area contributed by atoms with Gasteiger partial charge in [-0.15, -0.1) is 0 Å². The summed E-state index contributed by atoms with van der Waals surface area (Å²) in [6.07, 6.45) is 6.94. The van der Waals surface area contributed by atoms with Crippen molar-refractivity contribution in [3.05, 3.63) is 101 Å². The molecule has 0 atom stereocenters. The van der Waals surface area contributed by atoms with Crippen LogP contribution in [0.25, 0.3) is 10.9 Å². The molecule has 0 saturated heterocycles. The maximum absolute atomic E-state index is 13.5. The molecule has 1 aromatic heterocycles. The van der Waals surface area contributed by atoms with E-state index in [9.17, 15) is 14.7 Å². The largest absolute Gasteiger partial charge is 0.486 e. The van der Waals surface area contributed by atoms with E-state index in [0.29, 0.717) is 43.1 Å². The van der Waals surface area contributed by atoms with Crippen LogP contribution in [-0.4, -0.2) is 27.0 Å². The normalized spacial score (nSPS) is 14.2. The number of benzene rings is 3. The minimum Gasteiger partial charge on any atom is -0.486 e. The second-order valence-electron chi connectivity index (χ2n) is 9.44. The summed E-state index contributed by atoms with van der Waals surface area (Å²) in [6.45, 7) is 0.144. The SMILES string of the molecule is O=C(O)c1cccc(COc2c(Cl)cc(C=Nn3c(C4CCCCC4)nc4ccc(Br)cc4c3=O)cc2Br)c1. The van der Waals surface area contributed by atoms with Gasteiger partial charge in [0.1, 0.15) is 12.4 Å². The fourth-order valence-electron chi connectivity index (χ4n) is 4.77. The Bertz CT molecular complexity index is 1620. The number of hydrogen-bond donors (Lipinski definition) is 1. The molecule has 1 aliphatic rings. The van der Waals surface area contributed by atoms with E-state index in [1.165, 1.54) is 17.2 Å². The van der Waals surface area contributed by atoms with Crippen LogP contribution in [0.1, 0.15) is 65.3 Å². The highest BCUT2D eigenvalue weighted by atomic mass is 79.9. The maximum atomic E-state index is 13.5. The lowest BCUT2D eigenvalue weighted by molar-refractivity contribution is 0.0696. The lowest BCUT2D eigenvalue weighted by Crippen LogP contribution is -2.25. The summed E-state index contributed by atoms with van der Waals surface area (Å²) < 4.78 is 8.72. The molecular weight excluding hydrogens is 650 g/mol. The van der Waals surface area contributed by atoms with Crippen LogP contribution in [0.15, 0.2) is 73.4 Å². The van der Waals surface area contributed by atoms with Gasteiger partial charge in [-0.25, -0.2) is 9.78 Å². The van der Waals surface area contributed by atoms with Gasteiger partial charge in [0.2, 0.25) is 0 Å². The third-order valence-corrected chi connectivity index (χ3v) is 8.07. The van der Waals surface area contributed by atoms with Crippen LogP contribution >= 0.6 is 43.5 Å². The summed E-state index contributed by atoms with van der Waals surface area (Å²) in [5.41, 5.74) is 2.01. The molecule has 3 aromatic carbocycles. The Morgan fingerprint density at radius 3 is 2.67 bits per heavy atom. The van der Waals surface area contributed by atoms with Crippen molar-refractivity contribution in [2.24, 2.45) is 5.10 Å². The number of halogens is 3. The second kappa shape index (κ2) is 12.0. The lowest BCUT2D eigenvalue weighted by Gasteiger charge is -2.22. The van der Waals surface area contributed by atoms with E-state index >= 15 is 0 Å². The molecule has 0 aliphatic heterocycles. The molecule has 39 heavy (non-hydrogen) atoms. The molecule has 0 spiro atoms. The average Bonchev–Trinajstić information content (AvgIpc) is 2.93. The molecule has 0 radical (unpaired) electrons. The Kier molecular flexibility index (Phi) is 8.49. The zero-order chi connectivity index (χ0) is 27.5. The minimum absolute atomic E-state index is 0.144. The number of hydrogen-bond acceptors (Lipinski definition) is 5. The number of rotatable bonds is 7. The highest BCUT2D eigenvalue weighted by Gasteiger charge is 2.22. The van der Waals surface area contributed by atoms with Gasteiger partial charge in [0.25, 0.3) is 5.56 Å². The van der Waals surface area contributed by atoms with Crippen molar-refractivity contribution in [2.45, 2.75) is 44.6 Å². The Morgan fingerprint density at radius 2 is 1.92 bits per heavy atom. The third kappa shape index (κ3) is 6.26. The van der Waals surface area contributed by atoms with Crippen LogP contribution in [0.5, 0.6) is 5.75 Å². The van der Waals surface area contributed by atoms with Crippen LogP contribution in [0.2, 0.25) is 5.02 Å². The summed E-state index contributed by atoms with van der Waals surface area (Å²) in [4.78, 5) is 29.6. The molecule has 1 saturated carbocycles. The third-order valence-electron chi connectivity index (χ3n) is 6.70. The van der Waals surface area contributed by atoms with Crippen molar-refractivity contribution in [2.75, 3.05) is 0 Å². The zero-order valence-corrected chi connectivity index (χ0v) is 24.7. The number of ether oxygens (including phenoxy) is 1. The van der Waals surface area contributed by atoms with Crippen molar-refractivity contribution in [1.82, 2.24) is 9.66 Å². The number of aromatic nitrogens is 2. The average molecular weight is 674 g/mol. The van der Waals surface area contributed by atoms with Gasteiger partial charge in [0.05, 0.1) is 32.2 Å². The quantitative estimate of drug-likeness (QED) is 0.202. The van der Waals surface area contributed by atoms with Crippen LogP contribution in [0.3, 0.4) is 0 Å². The summed E-state index contributed by atoms with van der Waals surface area (Å²) >= 11 is 13.5. The zero-order valence-electron chi connectivity index (χ0n) is 20.7. The van der Waals surface area contributed by atoms with E-state index < -0.39 is 5.97 Å². The van der Waals surface area contributed by atoms with Crippen molar-refractivity contribution in [1.29, 1.82) is 0 Å². The molecule has 1 heterocycles. The first-order valence-electron chi connectivity index (χ1n) is 12.5. The van der Waals surface area contributed by atoms with Crippen LogP contribution in [0.4, 0.5) is 0 Å². The Hall–Kier alpha value is -3.01. The van der Waals surface area contributed by atoms with E-state index in [1.807, 2.05) is 12.1 Å². The van der Waals surface area contributed by atoms with E-state index in [1.54, 1.807) is 42.6 Å². The molecule has 7 nitrogen and oxygen atoms in total. The number of carboxylic acid groups (broad SMARTS) is 1. The predicted molar refractivity (Wildman–Crippen MR) is 159 cm³/mol. The first kappa shape index (κ1) is 27.6. The predicted octanol–water partition coefficient (Wildman–Crippen LogP) is 7.78. The van der Waals surface area contributed by atoms with Crippen LogP contribution in [-0.2, 0) is 6.61 Å². The van der Waals surface area contributed by atoms with E-state index in [4.69, 9.17) is 21.3 Å². The molecule has 4 aromatic rings. The Morgan fingerprint density at radius 1 is 1.13 bits per heavy atom. The van der Waals surface area contributed by atoms with Gasteiger partial charge in [-0.2, -0.15) is 9.78 Å². The number of nitrogens with zero attached hydrogens (tertiary/aromatic N) is 3. The molecule has 0 bridgehead atoms. The summed E-state index contributed by atoms with van der Waals surface area (Å²) in [6, 6.07) is 15.6. The maximum Gasteiger partial charge on any atom is 0.335 e. The van der Waals surface area contributed by atoms with E-state index in [0.717, 1.165) is 30.2 Å². The molecule has 1 N–H and O–H groups in total. The monoisotopic (exact) mass is 671 g/mol. The molecule has 1 aliphatic carbocycles. The molecule has 10 heteroatoms. The van der Waals surface area contributed by atoms with Crippen molar-refractivity contribution in [3.8, 4) is 5.75 Å². The first-order valence-corrected chi connectivity index (χ1v) is 14.5. The van der Waals surface area contributed by atoms with Crippen LogP contribution in [0, 0.1) is 0 Å². The number of carbonyl (C=O) groups is 1. The molecular formula is C29H24Br2ClN3O4. The molecule has 5 rings (SSSR count). The fourth-order valence-corrected chi connectivity index (χ4v) is 6.12. The highest BCUT2D eigenvalue weighted by Crippen LogP contribution is 2.35. The molecule has 200 valence electrons. The number of carboxylic acids is 1. The first-order chi connectivity index (χ1) is 18.8. The Labute approximate surface area is 246 Å². The van der Waals surface area contributed by atoms with Gasteiger partial charge in [0.15, 0.2) is 5.75 Å². The van der Waals surface area contributed by atoms with Crippen molar-refractivity contribution < 1.29 is 14.6 Å². The topological polar surface area (TPSA) is 93.8 Å². The Balaban J connectivity index is 1.45. The fraction of sp³-hybridized carbons (Fsp3) is 0.241. The van der Waals surface area contributed by atoms with Gasteiger partial charge in [0, 0.05) is 10.4 Å². The summed E-state index contributed by atoms with van der Waals surface area (Å²) in [7, 11) is 0. The van der Waals surface area contributed by atoms with Gasteiger partial charge in [-0.05, 0) is 82.4 Å².